The highest BCUT2D eigenvalue weighted by atomic mass is 16.6. The largest absolute Gasteiger partial charge is 0.460 e. The number of nitrogen functional groups attached to an aromatic ring is 1. The van der Waals surface area contributed by atoms with Gasteiger partial charge in [-0.1, -0.05) is 12.1 Å². The van der Waals surface area contributed by atoms with Crippen LogP contribution in [-0.2, 0) is 9.53 Å². The van der Waals surface area contributed by atoms with Crippen LogP contribution in [0.3, 0.4) is 0 Å². The molecule has 0 spiro atoms. The number of anilines is 1. The molecule has 2 atom stereocenters. The first kappa shape index (κ1) is 15.3. The van der Waals surface area contributed by atoms with E-state index in [1.807, 2.05) is 45.0 Å². The number of esters is 1. The van der Waals surface area contributed by atoms with Crippen LogP contribution >= 0.6 is 0 Å². The summed E-state index contributed by atoms with van der Waals surface area (Å²) < 4.78 is 7.05. The summed E-state index contributed by atoms with van der Waals surface area (Å²) in [5, 5.41) is 0. The van der Waals surface area contributed by atoms with Gasteiger partial charge in [0, 0.05) is 0 Å². The molecule has 0 bridgehead atoms. The van der Waals surface area contributed by atoms with Gasteiger partial charge in [0.15, 0.2) is 0 Å². The van der Waals surface area contributed by atoms with E-state index in [1.165, 1.54) is 0 Å². The van der Waals surface area contributed by atoms with E-state index in [1.54, 1.807) is 11.5 Å². The van der Waals surface area contributed by atoms with Crippen LogP contribution in [0.2, 0.25) is 0 Å². The van der Waals surface area contributed by atoms with E-state index in [0.717, 1.165) is 11.0 Å². The molecule has 0 saturated carbocycles. The first-order chi connectivity index (χ1) is 9.70. The number of nitrogens with two attached hydrogens (primary N) is 2. The average Bonchev–Trinajstić information content (AvgIpc) is 2.70. The lowest BCUT2D eigenvalue weighted by atomic mass is 10.1. The summed E-state index contributed by atoms with van der Waals surface area (Å²) in [6.07, 6.45) is -0.632. The molecule has 0 amide bonds. The Morgan fingerprint density at radius 2 is 1.95 bits per heavy atom. The van der Waals surface area contributed by atoms with Gasteiger partial charge in [0.1, 0.15) is 5.60 Å². The molecule has 0 saturated heterocycles. The number of rotatable bonds is 3. The van der Waals surface area contributed by atoms with Gasteiger partial charge in [-0.2, -0.15) is 0 Å². The zero-order valence-electron chi connectivity index (χ0n) is 12.8. The molecule has 0 radical (unpaired) electrons. The topological polar surface area (TPSA) is 96.2 Å². The summed E-state index contributed by atoms with van der Waals surface area (Å²) in [4.78, 5) is 16.4. The Bertz CT molecular complexity index is 657. The van der Waals surface area contributed by atoms with Crippen molar-refractivity contribution < 1.29 is 9.53 Å². The molecule has 2 unspecified atom stereocenters. The smallest absolute Gasteiger partial charge is 0.312 e. The maximum absolute atomic E-state index is 12.2. The molecule has 21 heavy (non-hydrogen) atoms. The van der Waals surface area contributed by atoms with Crippen molar-refractivity contribution in [1.29, 1.82) is 0 Å². The molecular formula is C15H22N4O2. The quantitative estimate of drug-likeness (QED) is 0.843. The molecule has 0 aliphatic heterocycles. The van der Waals surface area contributed by atoms with Crippen molar-refractivity contribution in [2.24, 2.45) is 11.7 Å². The Morgan fingerprint density at radius 1 is 1.33 bits per heavy atom. The van der Waals surface area contributed by atoms with Gasteiger partial charge in [-0.15, -0.1) is 0 Å². The second-order valence-electron chi connectivity index (χ2n) is 6.14. The van der Waals surface area contributed by atoms with E-state index in [4.69, 9.17) is 16.2 Å². The van der Waals surface area contributed by atoms with Crippen LogP contribution in [-0.4, -0.2) is 21.1 Å². The van der Waals surface area contributed by atoms with Gasteiger partial charge in [0.05, 0.1) is 23.1 Å². The number of ether oxygens (including phenoxy) is 1. The Balaban J connectivity index is 2.31. The van der Waals surface area contributed by atoms with E-state index in [2.05, 4.69) is 4.98 Å². The number of hydrogen-bond acceptors (Lipinski definition) is 5. The SMILES string of the molecule is CC(C(=O)OC(C)(C)C)C(N)n1c(N)nc2ccccc21. The molecule has 114 valence electrons. The molecule has 1 heterocycles. The fraction of sp³-hybridized carbons (Fsp3) is 0.467. The van der Waals surface area contributed by atoms with Crippen LogP contribution < -0.4 is 11.5 Å². The van der Waals surface area contributed by atoms with Crippen LogP contribution in [0.4, 0.5) is 5.95 Å². The maximum Gasteiger partial charge on any atom is 0.312 e. The Labute approximate surface area is 124 Å². The van der Waals surface area contributed by atoms with Crippen LogP contribution in [0.1, 0.15) is 33.9 Å². The van der Waals surface area contributed by atoms with Gasteiger partial charge >= 0.3 is 5.97 Å². The first-order valence-electron chi connectivity index (χ1n) is 6.91. The van der Waals surface area contributed by atoms with Crippen molar-refractivity contribution in [2.45, 2.75) is 39.5 Å². The van der Waals surface area contributed by atoms with E-state index in [9.17, 15) is 4.79 Å². The van der Waals surface area contributed by atoms with Crippen LogP contribution in [0.25, 0.3) is 11.0 Å². The van der Waals surface area contributed by atoms with Crippen molar-refractivity contribution in [1.82, 2.24) is 9.55 Å². The molecule has 0 fully saturated rings. The highest BCUT2D eigenvalue weighted by Gasteiger charge is 2.29. The minimum absolute atomic E-state index is 0.291. The highest BCUT2D eigenvalue weighted by Crippen LogP contribution is 2.25. The number of carbonyl (C=O) groups excluding carboxylic acids is 1. The van der Waals surface area contributed by atoms with Crippen molar-refractivity contribution in [3.05, 3.63) is 24.3 Å². The normalized spacial score (nSPS) is 14.9. The summed E-state index contributed by atoms with van der Waals surface area (Å²) in [6, 6.07) is 7.49. The van der Waals surface area contributed by atoms with Gasteiger partial charge in [0.25, 0.3) is 0 Å². The summed E-state index contributed by atoms with van der Waals surface area (Å²) >= 11 is 0. The third-order valence-corrected chi connectivity index (χ3v) is 3.21. The van der Waals surface area contributed by atoms with Crippen molar-refractivity contribution in [3.8, 4) is 0 Å². The molecule has 0 aliphatic carbocycles. The molecule has 2 rings (SSSR count). The second kappa shape index (κ2) is 5.37. The zero-order valence-corrected chi connectivity index (χ0v) is 12.8. The monoisotopic (exact) mass is 290 g/mol. The number of para-hydroxylation sites is 2. The first-order valence-corrected chi connectivity index (χ1v) is 6.91. The van der Waals surface area contributed by atoms with Crippen LogP contribution in [0.15, 0.2) is 24.3 Å². The van der Waals surface area contributed by atoms with E-state index in [0.29, 0.717) is 5.95 Å². The summed E-state index contributed by atoms with van der Waals surface area (Å²) in [5.74, 6) is -0.601. The molecule has 1 aromatic heterocycles. The number of benzene rings is 1. The summed E-state index contributed by atoms with van der Waals surface area (Å²) in [7, 11) is 0. The number of aromatic nitrogens is 2. The van der Waals surface area contributed by atoms with Crippen LogP contribution in [0.5, 0.6) is 0 Å². The molecule has 4 N–H and O–H groups in total. The van der Waals surface area contributed by atoms with Gasteiger partial charge < -0.3 is 16.2 Å². The molecule has 6 heteroatoms. The maximum atomic E-state index is 12.2. The average molecular weight is 290 g/mol. The summed E-state index contributed by atoms with van der Waals surface area (Å²) in [5.41, 5.74) is 13.2. The predicted molar refractivity (Wildman–Crippen MR) is 82.4 cm³/mol. The Morgan fingerprint density at radius 3 is 2.57 bits per heavy atom. The number of hydrogen-bond donors (Lipinski definition) is 2. The minimum Gasteiger partial charge on any atom is -0.460 e. The molecule has 0 aliphatic rings. The minimum atomic E-state index is -0.632. The lowest BCUT2D eigenvalue weighted by Crippen LogP contribution is -2.36. The predicted octanol–water partition coefficient (Wildman–Crippen LogP) is 2.05. The van der Waals surface area contributed by atoms with Crippen molar-refractivity contribution in [3.63, 3.8) is 0 Å². The molecular weight excluding hydrogens is 268 g/mol. The van der Waals surface area contributed by atoms with Gasteiger partial charge in [-0.3, -0.25) is 9.36 Å². The number of imidazole rings is 1. The van der Waals surface area contributed by atoms with Crippen molar-refractivity contribution in [2.75, 3.05) is 5.73 Å². The second-order valence-corrected chi connectivity index (χ2v) is 6.14. The van der Waals surface area contributed by atoms with E-state index < -0.39 is 17.7 Å². The Kier molecular flexibility index (Phi) is 3.91. The molecule has 1 aromatic carbocycles. The number of nitrogens with zero attached hydrogens (tertiary/aromatic N) is 2. The van der Waals surface area contributed by atoms with Gasteiger partial charge in [-0.05, 0) is 39.8 Å². The van der Waals surface area contributed by atoms with Gasteiger partial charge in [-0.25, -0.2) is 4.98 Å². The standard InChI is InChI=1S/C15H22N4O2/c1-9(13(20)21-15(2,3)4)12(16)19-11-8-6-5-7-10(11)18-14(19)17/h5-9,12H,16H2,1-4H3,(H2,17,18). The number of fused-ring (bicyclic) bond motifs is 1. The fourth-order valence-corrected chi connectivity index (χ4v) is 2.13. The van der Waals surface area contributed by atoms with E-state index in [-0.39, 0.29) is 5.97 Å². The third kappa shape index (κ3) is 3.16. The Hall–Kier alpha value is -2.08. The third-order valence-electron chi connectivity index (χ3n) is 3.21. The fourth-order valence-electron chi connectivity index (χ4n) is 2.13. The van der Waals surface area contributed by atoms with Crippen molar-refractivity contribution >= 4 is 23.0 Å². The van der Waals surface area contributed by atoms with Gasteiger partial charge in [0.2, 0.25) is 5.95 Å². The van der Waals surface area contributed by atoms with E-state index >= 15 is 0 Å². The highest BCUT2D eigenvalue weighted by molar-refractivity contribution is 5.79. The zero-order chi connectivity index (χ0) is 15.8. The lowest BCUT2D eigenvalue weighted by molar-refractivity contribution is -0.160. The van der Waals surface area contributed by atoms with Crippen LogP contribution in [0, 0.1) is 5.92 Å². The lowest BCUT2D eigenvalue weighted by Gasteiger charge is -2.26. The number of carbonyl (C=O) groups is 1. The summed E-state index contributed by atoms with van der Waals surface area (Å²) in [6.45, 7) is 7.20. The molecule has 2 aromatic rings. The molecule has 6 nitrogen and oxygen atoms in total.